The van der Waals surface area contributed by atoms with Crippen molar-refractivity contribution < 1.29 is 4.39 Å². The van der Waals surface area contributed by atoms with E-state index in [4.69, 9.17) is 28.9 Å². The largest absolute Gasteiger partial charge is 0.368 e. The molecule has 0 aliphatic carbocycles. The third kappa shape index (κ3) is 2.45. The molecule has 0 amide bonds. The van der Waals surface area contributed by atoms with Gasteiger partial charge in [-0.1, -0.05) is 29.3 Å². The van der Waals surface area contributed by atoms with Crippen LogP contribution in [-0.4, -0.2) is 19.5 Å². The lowest BCUT2D eigenvalue weighted by Gasteiger charge is -2.05. The summed E-state index contributed by atoms with van der Waals surface area (Å²) in [6.07, 6.45) is 0. The van der Waals surface area contributed by atoms with Crippen molar-refractivity contribution >= 4 is 40.3 Å². The van der Waals surface area contributed by atoms with Gasteiger partial charge in [0, 0.05) is 0 Å². The molecule has 1 aromatic carbocycles. The SMILES string of the molecule is Nc1nc(Cl)c2[nH]c(=O)n(Cc3ccc(F)c(Cl)c3)c2n1. The second-order valence-electron chi connectivity index (χ2n) is 4.34. The van der Waals surface area contributed by atoms with E-state index < -0.39 is 11.5 Å². The number of imidazole rings is 1. The van der Waals surface area contributed by atoms with Gasteiger partial charge in [-0.25, -0.2) is 9.18 Å². The molecule has 0 unspecified atom stereocenters. The zero-order chi connectivity index (χ0) is 15.1. The first kappa shape index (κ1) is 13.8. The molecule has 0 aliphatic heterocycles. The molecule has 0 saturated heterocycles. The molecule has 0 saturated carbocycles. The fourth-order valence-electron chi connectivity index (χ4n) is 1.98. The smallest absolute Gasteiger partial charge is 0.328 e. The molecular formula is C12H8Cl2FN5O. The Labute approximate surface area is 127 Å². The first-order valence-electron chi connectivity index (χ1n) is 5.81. The lowest BCUT2D eigenvalue weighted by atomic mass is 10.2. The summed E-state index contributed by atoms with van der Waals surface area (Å²) in [7, 11) is 0. The molecule has 6 nitrogen and oxygen atoms in total. The Morgan fingerprint density at radius 3 is 2.81 bits per heavy atom. The Morgan fingerprint density at radius 2 is 2.10 bits per heavy atom. The van der Waals surface area contributed by atoms with Crippen molar-refractivity contribution in [2.75, 3.05) is 5.73 Å². The topological polar surface area (TPSA) is 89.6 Å². The molecule has 3 N–H and O–H groups in total. The number of hydrogen-bond donors (Lipinski definition) is 2. The normalized spacial score (nSPS) is 11.2. The predicted octanol–water partition coefficient (Wildman–Crippen LogP) is 2.20. The first-order chi connectivity index (χ1) is 9.95. The second kappa shape index (κ2) is 5.01. The van der Waals surface area contributed by atoms with E-state index in [1.807, 2.05) is 0 Å². The van der Waals surface area contributed by atoms with Crippen LogP contribution in [0.15, 0.2) is 23.0 Å². The zero-order valence-corrected chi connectivity index (χ0v) is 11.9. The summed E-state index contributed by atoms with van der Waals surface area (Å²) < 4.78 is 14.5. The number of aromatic nitrogens is 4. The Balaban J connectivity index is 2.14. The Morgan fingerprint density at radius 1 is 1.33 bits per heavy atom. The van der Waals surface area contributed by atoms with Gasteiger partial charge in [-0.15, -0.1) is 0 Å². The lowest BCUT2D eigenvalue weighted by Crippen LogP contribution is -2.18. The van der Waals surface area contributed by atoms with Crippen LogP contribution in [0.2, 0.25) is 10.2 Å². The van der Waals surface area contributed by atoms with Gasteiger partial charge in [0.2, 0.25) is 5.95 Å². The summed E-state index contributed by atoms with van der Waals surface area (Å²) in [6.45, 7) is 0.144. The van der Waals surface area contributed by atoms with Crippen molar-refractivity contribution in [2.45, 2.75) is 6.54 Å². The van der Waals surface area contributed by atoms with Gasteiger partial charge in [0.15, 0.2) is 10.8 Å². The number of nitrogen functional groups attached to an aromatic ring is 1. The molecule has 3 aromatic rings. The Hall–Kier alpha value is -2.12. The summed E-state index contributed by atoms with van der Waals surface area (Å²) in [6, 6.07) is 4.20. The molecule has 2 aromatic heterocycles. The second-order valence-corrected chi connectivity index (χ2v) is 5.10. The fourth-order valence-corrected chi connectivity index (χ4v) is 2.40. The van der Waals surface area contributed by atoms with E-state index in [9.17, 15) is 9.18 Å². The molecule has 0 aliphatic rings. The van der Waals surface area contributed by atoms with Gasteiger partial charge in [-0.05, 0) is 17.7 Å². The number of nitrogens with zero attached hydrogens (tertiary/aromatic N) is 3. The van der Waals surface area contributed by atoms with Crippen LogP contribution in [0.1, 0.15) is 5.56 Å². The summed E-state index contributed by atoms with van der Waals surface area (Å²) in [5, 5.41) is 0.0399. The quantitative estimate of drug-likeness (QED) is 0.706. The van der Waals surface area contributed by atoms with Crippen LogP contribution in [0.5, 0.6) is 0 Å². The van der Waals surface area contributed by atoms with Gasteiger partial charge < -0.3 is 10.7 Å². The predicted molar refractivity (Wildman–Crippen MR) is 78.1 cm³/mol. The van der Waals surface area contributed by atoms with E-state index in [0.29, 0.717) is 11.1 Å². The molecule has 0 atom stereocenters. The molecule has 3 rings (SSSR count). The zero-order valence-electron chi connectivity index (χ0n) is 10.4. The van der Waals surface area contributed by atoms with Crippen molar-refractivity contribution in [1.82, 2.24) is 19.5 Å². The summed E-state index contributed by atoms with van der Waals surface area (Å²) >= 11 is 11.6. The summed E-state index contributed by atoms with van der Waals surface area (Å²) in [4.78, 5) is 22.3. The minimum atomic E-state index is -0.527. The number of fused-ring (bicyclic) bond motifs is 1. The summed E-state index contributed by atoms with van der Waals surface area (Å²) in [5.41, 5.74) is 6.32. The highest BCUT2D eigenvalue weighted by molar-refractivity contribution is 6.33. The summed E-state index contributed by atoms with van der Waals surface area (Å²) in [5.74, 6) is -0.571. The van der Waals surface area contributed by atoms with E-state index in [2.05, 4.69) is 15.0 Å². The van der Waals surface area contributed by atoms with E-state index in [0.717, 1.165) is 0 Å². The number of anilines is 1. The van der Waals surface area contributed by atoms with Gasteiger partial charge in [0.1, 0.15) is 11.3 Å². The van der Waals surface area contributed by atoms with Crippen LogP contribution in [0.25, 0.3) is 11.2 Å². The number of benzene rings is 1. The van der Waals surface area contributed by atoms with Crippen LogP contribution < -0.4 is 11.4 Å². The maximum atomic E-state index is 13.2. The number of rotatable bonds is 2. The standard InChI is InChI=1S/C12H8Cl2FN5O/c13-6-3-5(1-2-7(6)15)4-20-10-8(17-12(20)21)9(14)18-11(16)19-10/h1-3H,4H2,(H,17,21)(H2,16,18,19). The Kier molecular flexibility index (Phi) is 3.30. The highest BCUT2D eigenvalue weighted by Gasteiger charge is 2.14. The van der Waals surface area contributed by atoms with Crippen molar-refractivity contribution in [2.24, 2.45) is 0 Å². The number of halogens is 3. The number of hydrogen-bond acceptors (Lipinski definition) is 4. The van der Waals surface area contributed by atoms with Crippen LogP contribution in [0, 0.1) is 5.82 Å². The van der Waals surface area contributed by atoms with Gasteiger partial charge in [0.05, 0.1) is 11.6 Å². The average molecular weight is 328 g/mol. The van der Waals surface area contributed by atoms with Crippen LogP contribution in [0.3, 0.4) is 0 Å². The monoisotopic (exact) mass is 327 g/mol. The van der Waals surface area contributed by atoms with E-state index >= 15 is 0 Å². The molecule has 21 heavy (non-hydrogen) atoms. The van der Waals surface area contributed by atoms with Crippen molar-refractivity contribution in [3.8, 4) is 0 Å². The molecule has 0 radical (unpaired) electrons. The van der Waals surface area contributed by atoms with Gasteiger partial charge >= 0.3 is 5.69 Å². The average Bonchev–Trinajstić information content (AvgIpc) is 2.72. The molecule has 2 heterocycles. The fraction of sp³-hybridized carbons (Fsp3) is 0.0833. The maximum Gasteiger partial charge on any atom is 0.328 e. The molecule has 108 valence electrons. The third-order valence-electron chi connectivity index (χ3n) is 2.92. The molecule has 0 spiro atoms. The number of H-pyrrole nitrogens is 1. The van der Waals surface area contributed by atoms with Crippen LogP contribution >= 0.6 is 23.2 Å². The van der Waals surface area contributed by atoms with Crippen molar-refractivity contribution in [3.05, 3.63) is 50.2 Å². The number of nitrogens with two attached hydrogens (primary N) is 1. The third-order valence-corrected chi connectivity index (χ3v) is 3.48. The van der Waals surface area contributed by atoms with E-state index in [-0.39, 0.29) is 28.3 Å². The molecule has 0 bridgehead atoms. The van der Waals surface area contributed by atoms with E-state index in [1.165, 1.54) is 22.8 Å². The lowest BCUT2D eigenvalue weighted by molar-refractivity contribution is 0.626. The number of nitrogens with one attached hydrogen (secondary N) is 1. The van der Waals surface area contributed by atoms with Gasteiger partial charge in [0.25, 0.3) is 0 Å². The molecule has 9 heteroatoms. The minimum Gasteiger partial charge on any atom is -0.368 e. The highest BCUT2D eigenvalue weighted by atomic mass is 35.5. The molecular weight excluding hydrogens is 320 g/mol. The maximum absolute atomic E-state index is 13.2. The van der Waals surface area contributed by atoms with Gasteiger partial charge in [-0.2, -0.15) is 9.97 Å². The van der Waals surface area contributed by atoms with Crippen LogP contribution in [0.4, 0.5) is 10.3 Å². The Bertz CT molecular complexity index is 905. The van der Waals surface area contributed by atoms with Crippen molar-refractivity contribution in [1.29, 1.82) is 0 Å². The first-order valence-corrected chi connectivity index (χ1v) is 6.57. The highest BCUT2D eigenvalue weighted by Crippen LogP contribution is 2.20. The minimum absolute atomic E-state index is 0.0208. The van der Waals surface area contributed by atoms with Crippen molar-refractivity contribution in [3.63, 3.8) is 0 Å². The van der Waals surface area contributed by atoms with Gasteiger partial charge in [-0.3, -0.25) is 4.57 Å². The molecule has 0 fully saturated rings. The number of aromatic amines is 1. The van der Waals surface area contributed by atoms with Crippen LogP contribution in [-0.2, 0) is 6.54 Å². The van der Waals surface area contributed by atoms with E-state index in [1.54, 1.807) is 0 Å².